The van der Waals surface area contributed by atoms with Crippen LogP contribution in [0.1, 0.15) is 10.4 Å². The Morgan fingerprint density at radius 1 is 1.07 bits per heavy atom. The molecule has 1 aromatic heterocycles. The van der Waals surface area contributed by atoms with Gasteiger partial charge in [-0.25, -0.2) is 22.5 Å². The quantitative estimate of drug-likeness (QED) is 0.679. The Morgan fingerprint density at radius 2 is 1.78 bits per heavy atom. The second-order valence-electron chi connectivity index (χ2n) is 5.95. The highest BCUT2D eigenvalue weighted by molar-refractivity contribution is 7.89. The van der Waals surface area contributed by atoms with E-state index in [0.717, 1.165) is 4.31 Å². The van der Waals surface area contributed by atoms with E-state index >= 15 is 0 Å². The Bertz CT molecular complexity index is 1180. The number of hydrogen-bond acceptors (Lipinski definition) is 4. The lowest BCUT2D eigenvalue weighted by molar-refractivity contribution is 0.0699. The Labute approximate surface area is 166 Å². The van der Waals surface area contributed by atoms with Gasteiger partial charge in [-0.05, 0) is 42.5 Å². The molecule has 9 heteroatoms. The van der Waals surface area contributed by atoms with E-state index in [-0.39, 0.29) is 15.8 Å². The van der Waals surface area contributed by atoms with E-state index in [0.29, 0.717) is 26.8 Å². The van der Waals surface area contributed by atoms with Crippen molar-refractivity contribution >= 4 is 50.1 Å². The number of nitrogens with zero attached hydrogens (tertiary/aromatic N) is 2. The van der Waals surface area contributed by atoms with Gasteiger partial charge in [0.05, 0.1) is 26.7 Å². The van der Waals surface area contributed by atoms with Crippen molar-refractivity contribution in [1.82, 2.24) is 9.29 Å². The van der Waals surface area contributed by atoms with Crippen molar-refractivity contribution in [3.05, 3.63) is 58.1 Å². The molecule has 3 rings (SSSR count). The van der Waals surface area contributed by atoms with Crippen molar-refractivity contribution in [2.24, 2.45) is 0 Å². The largest absolute Gasteiger partial charge is 0.478 e. The van der Waals surface area contributed by atoms with Crippen LogP contribution in [0.3, 0.4) is 0 Å². The van der Waals surface area contributed by atoms with E-state index in [2.05, 4.69) is 4.98 Å². The molecule has 0 atom stereocenters. The van der Waals surface area contributed by atoms with Gasteiger partial charge < -0.3 is 5.11 Å². The molecule has 27 heavy (non-hydrogen) atoms. The van der Waals surface area contributed by atoms with E-state index in [1.54, 1.807) is 18.2 Å². The van der Waals surface area contributed by atoms with Crippen molar-refractivity contribution in [3.8, 4) is 11.3 Å². The average Bonchev–Trinajstić information content (AvgIpc) is 2.62. The summed E-state index contributed by atoms with van der Waals surface area (Å²) in [7, 11) is -0.906. The molecule has 140 valence electrons. The van der Waals surface area contributed by atoms with Crippen molar-refractivity contribution in [2.75, 3.05) is 14.1 Å². The lowest BCUT2D eigenvalue weighted by Gasteiger charge is -2.13. The zero-order chi connectivity index (χ0) is 19.9. The van der Waals surface area contributed by atoms with Gasteiger partial charge in [-0.2, -0.15) is 0 Å². The van der Waals surface area contributed by atoms with Crippen LogP contribution >= 0.6 is 23.2 Å². The summed E-state index contributed by atoms with van der Waals surface area (Å²) in [6.45, 7) is 0. The Morgan fingerprint density at radius 3 is 2.41 bits per heavy atom. The summed E-state index contributed by atoms with van der Waals surface area (Å²) in [5, 5.41) is 10.7. The topological polar surface area (TPSA) is 87.6 Å². The molecule has 3 aromatic rings. The van der Waals surface area contributed by atoms with Crippen LogP contribution in [0.4, 0.5) is 0 Å². The van der Waals surface area contributed by atoms with E-state index in [4.69, 9.17) is 23.2 Å². The molecule has 6 nitrogen and oxygen atoms in total. The van der Waals surface area contributed by atoms with Gasteiger partial charge in [-0.15, -0.1) is 0 Å². The van der Waals surface area contributed by atoms with Crippen molar-refractivity contribution in [1.29, 1.82) is 0 Å². The second-order valence-corrected chi connectivity index (χ2v) is 8.95. The molecule has 0 unspecified atom stereocenters. The zero-order valence-electron chi connectivity index (χ0n) is 14.3. The van der Waals surface area contributed by atoms with Crippen LogP contribution in [0.2, 0.25) is 10.0 Å². The van der Waals surface area contributed by atoms with Gasteiger partial charge in [0, 0.05) is 30.1 Å². The van der Waals surface area contributed by atoms with Gasteiger partial charge in [0.25, 0.3) is 0 Å². The van der Waals surface area contributed by atoms with Crippen molar-refractivity contribution in [3.63, 3.8) is 0 Å². The Balaban J connectivity index is 2.31. The number of carboxylic acid groups (broad SMARTS) is 1. The van der Waals surface area contributed by atoms with Crippen LogP contribution in [-0.4, -0.2) is 42.9 Å². The second kappa shape index (κ2) is 7.09. The summed E-state index contributed by atoms with van der Waals surface area (Å²) in [5.74, 6) is -1.21. The molecule has 2 aromatic carbocycles. The fourth-order valence-corrected chi connectivity index (χ4v) is 3.90. The monoisotopic (exact) mass is 424 g/mol. The number of halogens is 2. The van der Waals surface area contributed by atoms with Crippen LogP contribution in [0.25, 0.3) is 22.2 Å². The van der Waals surface area contributed by atoms with Crippen LogP contribution in [-0.2, 0) is 10.0 Å². The summed E-state index contributed by atoms with van der Waals surface area (Å²) in [4.78, 5) is 16.2. The summed E-state index contributed by atoms with van der Waals surface area (Å²) in [5.41, 5.74) is 1.06. The molecule has 0 bridgehead atoms. The van der Waals surface area contributed by atoms with Gasteiger partial charge in [0.1, 0.15) is 0 Å². The summed E-state index contributed by atoms with van der Waals surface area (Å²) in [6.07, 6.45) is 0. The lowest BCUT2D eigenvalue weighted by Crippen LogP contribution is -2.22. The number of fused-ring (bicyclic) bond motifs is 1. The standard InChI is InChI=1S/C18H14Cl2N2O4S/c1-22(2)27(25,26)11-4-6-16-12(8-11)13(18(23)24)9-17(21-16)14-7-10(19)3-5-15(14)20/h3-9H,1-2H3,(H,23,24). The number of carboxylic acids is 1. The number of sulfonamides is 1. The maximum atomic E-state index is 12.4. The summed E-state index contributed by atoms with van der Waals surface area (Å²) >= 11 is 12.2. The smallest absolute Gasteiger partial charge is 0.336 e. The molecule has 1 heterocycles. The van der Waals surface area contributed by atoms with Crippen LogP contribution in [0.5, 0.6) is 0 Å². The van der Waals surface area contributed by atoms with E-state index in [1.807, 2.05) is 0 Å². The predicted octanol–water partition coefficient (Wildman–Crippen LogP) is 4.16. The number of pyridine rings is 1. The van der Waals surface area contributed by atoms with E-state index in [1.165, 1.54) is 38.4 Å². The van der Waals surface area contributed by atoms with Gasteiger partial charge in [0.2, 0.25) is 10.0 Å². The number of aromatic carboxylic acids is 1. The first-order valence-electron chi connectivity index (χ1n) is 7.67. The fourth-order valence-electron chi connectivity index (χ4n) is 2.58. The molecule has 0 radical (unpaired) electrons. The van der Waals surface area contributed by atoms with Crippen molar-refractivity contribution in [2.45, 2.75) is 4.90 Å². The molecule has 0 aliphatic carbocycles. The van der Waals surface area contributed by atoms with Gasteiger partial charge in [-0.3, -0.25) is 0 Å². The maximum absolute atomic E-state index is 12.4. The minimum absolute atomic E-state index is 0.0159. The van der Waals surface area contributed by atoms with Crippen LogP contribution in [0.15, 0.2) is 47.4 Å². The number of rotatable bonds is 4. The minimum atomic E-state index is -3.71. The molecule has 0 spiro atoms. The van der Waals surface area contributed by atoms with Crippen LogP contribution in [0, 0.1) is 0 Å². The molecule has 1 N–H and O–H groups in total. The van der Waals surface area contributed by atoms with Gasteiger partial charge >= 0.3 is 5.97 Å². The molecule has 0 amide bonds. The van der Waals surface area contributed by atoms with E-state index in [9.17, 15) is 18.3 Å². The first-order chi connectivity index (χ1) is 12.6. The molecule has 0 aliphatic rings. The number of aromatic nitrogens is 1. The minimum Gasteiger partial charge on any atom is -0.478 e. The SMILES string of the molecule is CN(C)S(=O)(=O)c1ccc2nc(-c3cc(Cl)ccc3Cl)cc(C(=O)O)c2c1. The van der Waals surface area contributed by atoms with Crippen LogP contribution < -0.4 is 0 Å². The van der Waals surface area contributed by atoms with Gasteiger partial charge in [0.15, 0.2) is 0 Å². The molecular weight excluding hydrogens is 411 g/mol. The van der Waals surface area contributed by atoms with E-state index < -0.39 is 16.0 Å². The normalized spacial score (nSPS) is 11.9. The Kier molecular flexibility index (Phi) is 5.14. The molecule has 0 fully saturated rings. The third-order valence-corrected chi connectivity index (χ3v) is 6.37. The average molecular weight is 425 g/mol. The first-order valence-corrected chi connectivity index (χ1v) is 9.87. The third kappa shape index (κ3) is 3.64. The maximum Gasteiger partial charge on any atom is 0.336 e. The third-order valence-electron chi connectivity index (χ3n) is 3.99. The van der Waals surface area contributed by atoms with Crippen molar-refractivity contribution < 1.29 is 18.3 Å². The zero-order valence-corrected chi connectivity index (χ0v) is 16.6. The highest BCUT2D eigenvalue weighted by Gasteiger charge is 2.21. The highest BCUT2D eigenvalue weighted by atomic mass is 35.5. The van der Waals surface area contributed by atoms with Gasteiger partial charge in [-0.1, -0.05) is 23.2 Å². The molecule has 0 saturated heterocycles. The fraction of sp³-hybridized carbons (Fsp3) is 0.111. The number of benzene rings is 2. The Hall–Kier alpha value is -2.19. The predicted molar refractivity (Wildman–Crippen MR) is 105 cm³/mol. The number of carbonyl (C=O) groups is 1. The molecular formula is C18H14Cl2N2O4S. The highest BCUT2D eigenvalue weighted by Crippen LogP contribution is 2.33. The summed E-state index contributed by atoms with van der Waals surface area (Å²) < 4.78 is 25.8. The first kappa shape index (κ1) is 19.6. The molecule has 0 saturated carbocycles. The lowest BCUT2D eigenvalue weighted by atomic mass is 10.0. The summed E-state index contributed by atoms with van der Waals surface area (Å²) in [6, 6.07) is 10.3. The number of hydrogen-bond donors (Lipinski definition) is 1. The molecule has 0 aliphatic heterocycles.